The quantitative estimate of drug-likeness (QED) is 0.431. The van der Waals surface area contributed by atoms with Crippen molar-refractivity contribution in [3.63, 3.8) is 0 Å². The van der Waals surface area contributed by atoms with Crippen molar-refractivity contribution >= 4 is 24.6 Å². The number of nitrogens with one attached hydrogen (secondary N) is 2. The van der Waals surface area contributed by atoms with Gasteiger partial charge in [-0.05, 0) is 0 Å². The van der Waals surface area contributed by atoms with Gasteiger partial charge in [-0.3, -0.25) is 0 Å². The minimum Gasteiger partial charge on any atom is -0.480 e. The zero-order valence-corrected chi connectivity index (χ0v) is 6.89. The minimum absolute atomic E-state index is 0.0722. The molecule has 0 bridgehead atoms. The molecule has 0 aliphatic rings. The Hall–Kier alpha value is -0.910. The molecule has 64 valence electrons. The first kappa shape index (κ1) is 10.1. The first-order valence-corrected chi connectivity index (χ1v) is 3.57. The number of aliphatic carboxylic acids is 1. The van der Waals surface area contributed by atoms with E-state index < -0.39 is 18.0 Å². The number of hydrogen-bond donors (Lipinski definition) is 4. The van der Waals surface area contributed by atoms with Gasteiger partial charge in [0, 0.05) is 12.8 Å². The van der Waals surface area contributed by atoms with Crippen LogP contribution >= 0.6 is 12.6 Å². The van der Waals surface area contributed by atoms with Crippen molar-refractivity contribution in [3.05, 3.63) is 0 Å². The van der Waals surface area contributed by atoms with Gasteiger partial charge < -0.3 is 15.7 Å². The number of hydrogen-bond acceptors (Lipinski definition) is 3. The average molecular weight is 178 g/mol. The summed E-state index contributed by atoms with van der Waals surface area (Å²) in [7, 11) is 1.41. The van der Waals surface area contributed by atoms with E-state index in [2.05, 4.69) is 23.3 Å². The molecule has 6 heteroatoms. The second-order valence-corrected chi connectivity index (χ2v) is 2.16. The normalized spacial score (nSPS) is 11.8. The van der Waals surface area contributed by atoms with Crippen LogP contribution in [0.25, 0.3) is 0 Å². The van der Waals surface area contributed by atoms with E-state index in [0.717, 1.165) is 0 Å². The average Bonchev–Trinajstić information content (AvgIpc) is 1.99. The van der Waals surface area contributed by atoms with Crippen LogP contribution in [0.4, 0.5) is 4.79 Å². The van der Waals surface area contributed by atoms with Crippen molar-refractivity contribution in [1.82, 2.24) is 10.6 Å². The molecule has 0 radical (unpaired) electrons. The van der Waals surface area contributed by atoms with Crippen molar-refractivity contribution in [3.8, 4) is 0 Å². The predicted octanol–water partition coefficient (Wildman–Crippen LogP) is -0.702. The monoisotopic (exact) mass is 178 g/mol. The van der Waals surface area contributed by atoms with E-state index in [1.165, 1.54) is 7.05 Å². The van der Waals surface area contributed by atoms with E-state index in [0.29, 0.717) is 0 Å². The molecule has 1 atom stereocenters. The van der Waals surface area contributed by atoms with Crippen LogP contribution in [-0.4, -0.2) is 35.9 Å². The second-order valence-electron chi connectivity index (χ2n) is 1.80. The Kier molecular flexibility index (Phi) is 4.44. The highest BCUT2D eigenvalue weighted by molar-refractivity contribution is 7.80. The number of amides is 2. The minimum atomic E-state index is -1.09. The lowest BCUT2D eigenvalue weighted by molar-refractivity contribution is -0.138. The maximum absolute atomic E-state index is 10.6. The summed E-state index contributed by atoms with van der Waals surface area (Å²) < 4.78 is 0. The molecule has 0 rings (SSSR count). The molecule has 0 fully saturated rings. The Labute approximate surface area is 69.6 Å². The molecule has 3 N–H and O–H groups in total. The van der Waals surface area contributed by atoms with E-state index >= 15 is 0 Å². The summed E-state index contributed by atoms with van der Waals surface area (Å²) in [6.07, 6.45) is 0. The number of urea groups is 1. The van der Waals surface area contributed by atoms with Crippen LogP contribution in [-0.2, 0) is 4.79 Å². The van der Waals surface area contributed by atoms with Gasteiger partial charge in [-0.25, -0.2) is 9.59 Å². The molecular formula is C5H10N2O3S. The Morgan fingerprint density at radius 3 is 2.45 bits per heavy atom. The number of carbonyl (C=O) groups excluding carboxylic acids is 1. The first-order chi connectivity index (χ1) is 5.11. The zero-order valence-electron chi connectivity index (χ0n) is 6.00. The fraction of sp³-hybridized carbons (Fsp3) is 0.600. The molecule has 0 aromatic rings. The molecular weight excluding hydrogens is 168 g/mol. The molecule has 0 unspecified atom stereocenters. The van der Waals surface area contributed by atoms with Gasteiger partial charge in [0.15, 0.2) is 0 Å². The summed E-state index contributed by atoms with van der Waals surface area (Å²) >= 11 is 3.75. The molecule has 0 aromatic carbocycles. The van der Waals surface area contributed by atoms with Gasteiger partial charge in [0.2, 0.25) is 0 Å². The van der Waals surface area contributed by atoms with Gasteiger partial charge >= 0.3 is 12.0 Å². The fourth-order valence-electron chi connectivity index (χ4n) is 0.416. The molecule has 0 saturated carbocycles. The van der Waals surface area contributed by atoms with Crippen molar-refractivity contribution in [2.45, 2.75) is 6.04 Å². The number of carboxylic acids is 1. The van der Waals surface area contributed by atoms with Crippen molar-refractivity contribution in [2.75, 3.05) is 12.8 Å². The van der Waals surface area contributed by atoms with Crippen LogP contribution in [0.15, 0.2) is 0 Å². The van der Waals surface area contributed by atoms with Crippen LogP contribution in [0.3, 0.4) is 0 Å². The molecule has 0 spiro atoms. The Bertz CT molecular complexity index is 162. The lowest BCUT2D eigenvalue weighted by Gasteiger charge is -2.10. The van der Waals surface area contributed by atoms with Crippen LogP contribution in [0.2, 0.25) is 0 Å². The topological polar surface area (TPSA) is 78.4 Å². The van der Waals surface area contributed by atoms with Crippen molar-refractivity contribution in [2.24, 2.45) is 0 Å². The van der Waals surface area contributed by atoms with E-state index in [1.807, 2.05) is 0 Å². The third kappa shape index (κ3) is 3.72. The lowest BCUT2D eigenvalue weighted by atomic mass is 10.3. The summed E-state index contributed by atoms with van der Waals surface area (Å²) in [5, 5.41) is 12.9. The standard InChI is InChI=1S/C5H10N2O3S/c1-6-5(10)7-3(2-11)4(8)9/h3,11H,2H2,1H3,(H,8,9)(H2,6,7,10)/t3-/m0/s1. The van der Waals surface area contributed by atoms with Crippen molar-refractivity contribution in [1.29, 1.82) is 0 Å². The second kappa shape index (κ2) is 4.84. The number of carbonyl (C=O) groups is 2. The fourth-order valence-corrected chi connectivity index (χ4v) is 0.663. The molecule has 11 heavy (non-hydrogen) atoms. The van der Waals surface area contributed by atoms with E-state index in [-0.39, 0.29) is 5.75 Å². The van der Waals surface area contributed by atoms with Crippen LogP contribution in [0.1, 0.15) is 0 Å². The summed E-state index contributed by atoms with van der Waals surface area (Å²) in [6, 6.07) is -1.45. The Morgan fingerprint density at radius 2 is 2.18 bits per heavy atom. The lowest BCUT2D eigenvalue weighted by Crippen LogP contribution is -2.45. The van der Waals surface area contributed by atoms with E-state index in [1.54, 1.807) is 0 Å². The first-order valence-electron chi connectivity index (χ1n) is 2.93. The molecule has 5 nitrogen and oxygen atoms in total. The Balaban J connectivity index is 3.88. The number of carboxylic acid groups (broad SMARTS) is 1. The van der Waals surface area contributed by atoms with Crippen LogP contribution in [0.5, 0.6) is 0 Å². The van der Waals surface area contributed by atoms with E-state index in [4.69, 9.17) is 5.11 Å². The highest BCUT2D eigenvalue weighted by atomic mass is 32.1. The smallest absolute Gasteiger partial charge is 0.327 e. The molecule has 0 aliphatic heterocycles. The Morgan fingerprint density at radius 1 is 1.64 bits per heavy atom. The third-order valence-electron chi connectivity index (χ3n) is 1.01. The molecule has 0 aliphatic carbocycles. The number of rotatable bonds is 3. The highest BCUT2D eigenvalue weighted by Crippen LogP contribution is 1.87. The SMILES string of the molecule is CNC(=O)N[C@@H](CS)C(=O)O. The van der Waals surface area contributed by atoms with Crippen molar-refractivity contribution < 1.29 is 14.7 Å². The zero-order chi connectivity index (χ0) is 8.85. The van der Waals surface area contributed by atoms with Crippen LogP contribution < -0.4 is 10.6 Å². The van der Waals surface area contributed by atoms with E-state index in [9.17, 15) is 9.59 Å². The molecule has 0 saturated heterocycles. The van der Waals surface area contributed by atoms with Gasteiger partial charge in [0.25, 0.3) is 0 Å². The van der Waals surface area contributed by atoms with Gasteiger partial charge in [-0.2, -0.15) is 12.6 Å². The molecule has 0 aromatic heterocycles. The van der Waals surface area contributed by atoms with Gasteiger partial charge in [0.05, 0.1) is 0 Å². The van der Waals surface area contributed by atoms with Gasteiger partial charge in [0.1, 0.15) is 6.04 Å². The molecule has 2 amide bonds. The predicted molar refractivity (Wildman–Crippen MR) is 42.9 cm³/mol. The van der Waals surface area contributed by atoms with Gasteiger partial charge in [-0.15, -0.1) is 0 Å². The summed E-state index contributed by atoms with van der Waals surface area (Å²) in [6.45, 7) is 0. The summed E-state index contributed by atoms with van der Waals surface area (Å²) in [5.74, 6) is -1.02. The maximum Gasteiger partial charge on any atom is 0.327 e. The molecule has 0 heterocycles. The maximum atomic E-state index is 10.6. The van der Waals surface area contributed by atoms with Crippen LogP contribution in [0, 0.1) is 0 Å². The highest BCUT2D eigenvalue weighted by Gasteiger charge is 2.16. The summed E-state index contributed by atoms with van der Waals surface area (Å²) in [5.41, 5.74) is 0. The largest absolute Gasteiger partial charge is 0.480 e. The van der Waals surface area contributed by atoms with Gasteiger partial charge in [-0.1, -0.05) is 0 Å². The summed E-state index contributed by atoms with van der Waals surface area (Å²) in [4.78, 5) is 20.9. The number of thiol groups is 1. The third-order valence-corrected chi connectivity index (χ3v) is 1.38.